The van der Waals surface area contributed by atoms with Crippen LogP contribution in [0.5, 0.6) is 11.5 Å². The number of amides is 1. The summed E-state index contributed by atoms with van der Waals surface area (Å²) in [6.45, 7) is 1.86. The number of anilines is 1. The lowest BCUT2D eigenvalue weighted by atomic mass is 10.1. The zero-order valence-electron chi connectivity index (χ0n) is 14.6. The van der Waals surface area contributed by atoms with Crippen molar-refractivity contribution in [2.75, 3.05) is 19.5 Å². The Labute approximate surface area is 150 Å². The fraction of sp³-hybridized carbons (Fsp3) is 0.158. The average Bonchev–Trinajstić information content (AvgIpc) is 3.01. The second-order valence-electron chi connectivity index (χ2n) is 5.60. The number of carbonyl (C=O) groups is 1. The highest BCUT2D eigenvalue weighted by Crippen LogP contribution is 2.31. The lowest BCUT2D eigenvalue weighted by molar-refractivity contribution is 0.102. The summed E-state index contributed by atoms with van der Waals surface area (Å²) in [5.41, 5.74) is 2.60. The van der Waals surface area contributed by atoms with Crippen molar-refractivity contribution in [3.05, 3.63) is 59.5 Å². The van der Waals surface area contributed by atoms with Crippen LogP contribution < -0.4 is 14.8 Å². The van der Waals surface area contributed by atoms with Crippen LogP contribution in [0.3, 0.4) is 0 Å². The van der Waals surface area contributed by atoms with E-state index in [2.05, 4.69) is 15.5 Å². The summed E-state index contributed by atoms with van der Waals surface area (Å²) in [5, 5.41) is 9.73. The lowest BCUT2D eigenvalue weighted by Gasteiger charge is -2.08. The largest absolute Gasteiger partial charge is 0.497 e. The highest BCUT2D eigenvalue weighted by molar-refractivity contribution is 6.05. The van der Waals surface area contributed by atoms with E-state index in [0.29, 0.717) is 5.82 Å². The minimum Gasteiger partial charge on any atom is -0.497 e. The van der Waals surface area contributed by atoms with Gasteiger partial charge in [-0.25, -0.2) is 4.39 Å². The van der Waals surface area contributed by atoms with Crippen LogP contribution in [0, 0.1) is 12.7 Å². The Balaban J connectivity index is 1.88. The molecule has 2 N–H and O–H groups in total. The first-order valence-electron chi connectivity index (χ1n) is 7.87. The Morgan fingerprint density at radius 3 is 2.46 bits per heavy atom. The number of aromatic nitrogens is 2. The fourth-order valence-corrected chi connectivity index (χ4v) is 2.62. The van der Waals surface area contributed by atoms with Gasteiger partial charge in [-0.05, 0) is 42.8 Å². The number of aryl methyl sites for hydroxylation is 1. The third-order valence-electron chi connectivity index (χ3n) is 3.97. The molecule has 0 radical (unpaired) electrons. The molecule has 0 bridgehead atoms. The van der Waals surface area contributed by atoms with Gasteiger partial charge in [-0.3, -0.25) is 9.89 Å². The summed E-state index contributed by atoms with van der Waals surface area (Å²) in [5.74, 6) is 0.112. The Hall–Kier alpha value is -3.35. The second-order valence-corrected chi connectivity index (χ2v) is 5.60. The van der Waals surface area contributed by atoms with Crippen LogP contribution in [0.2, 0.25) is 0 Å². The summed E-state index contributed by atoms with van der Waals surface area (Å²) in [7, 11) is 2.96. The molecule has 134 valence electrons. The van der Waals surface area contributed by atoms with Crippen LogP contribution >= 0.6 is 0 Å². The highest BCUT2D eigenvalue weighted by atomic mass is 19.1. The molecule has 0 atom stereocenters. The first kappa shape index (κ1) is 17.5. The van der Waals surface area contributed by atoms with Crippen molar-refractivity contribution in [3.8, 4) is 22.6 Å². The van der Waals surface area contributed by atoms with E-state index in [0.717, 1.165) is 28.6 Å². The molecule has 1 amide bonds. The SMILES string of the molecule is COc1ccc(-c2c(NC(=O)c3ccc(OC)c(F)c3)n[nH]c2C)cc1. The predicted octanol–water partition coefficient (Wildman–Crippen LogP) is 3.79. The number of benzene rings is 2. The van der Waals surface area contributed by atoms with Crippen molar-refractivity contribution in [1.82, 2.24) is 10.2 Å². The summed E-state index contributed by atoms with van der Waals surface area (Å²) in [4.78, 5) is 12.5. The van der Waals surface area contributed by atoms with Crippen LogP contribution in [0.4, 0.5) is 10.2 Å². The molecule has 0 aliphatic heterocycles. The van der Waals surface area contributed by atoms with E-state index >= 15 is 0 Å². The minimum absolute atomic E-state index is 0.0797. The van der Waals surface area contributed by atoms with Gasteiger partial charge < -0.3 is 14.8 Å². The molecule has 1 aromatic heterocycles. The smallest absolute Gasteiger partial charge is 0.256 e. The number of hydrogen-bond acceptors (Lipinski definition) is 4. The fourth-order valence-electron chi connectivity index (χ4n) is 2.62. The molecular weight excluding hydrogens is 337 g/mol. The zero-order valence-corrected chi connectivity index (χ0v) is 14.6. The van der Waals surface area contributed by atoms with Gasteiger partial charge in [0.25, 0.3) is 5.91 Å². The maximum absolute atomic E-state index is 13.8. The van der Waals surface area contributed by atoms with Crippen LogP contribution in [-0.2, 0) is 0 Å². The highest BCUT2D eigenvalue weighted by Gasteiger charge is 2.17. The summed E-state index contributed by atoms with van der Waals surface area (Å²) in [6.07, 6.45) is 0. The molecule has 3 rings (SSSR count). The number of rotatable bonds is 5. The van der Waals surface area contributed by atoms with Gasteiger partial charge in [0.2, 0.25) is 0 Å². The molecule has 1 heterocycles. The first-order chi connectivity index (χ1) is 12.5. The molecule has 3 aromatic rings. The Morgan fingerprint density at radius 2 is 1.85 bits per heavy atom. The van der Waals surface area contributed by atoms with E-state index in [-0.39, 0.29) is 11.3 Å². The van der Waals surface area contributed by atoms with Crippen LogP contribution in [-0.4, -0.2) is 30.3 Å². The third-order valence-corrected chi connectivity index (χ3v) is 3.97. The summed E-state index contributed by atoms with van der Waals surface area (Å²) in [6, 6.07) is 11.4. The molecular formula is C19H18FN3O3. The lowest BCUT2D eigenvalue weighted by Crippen LogP contribution is -2.13. The van der Waals surface area contributed by atoms with Crippen LogP contribution in [0.1, 0.15) is 16.1 Å². The standard InChI is InChI=1S/C19H18FN3O3/c1-11-17(12-4-7-14(25-2)8-5-12)18(23-22-11)21-19(24)13-6-9-16(26-3)15(20)10-13/h4-10H,1-3H3,(H2,21,22,23,24). The topological polar surface area (TPSA) is 76.2 Å². The van der Waals surface area contributed by atoms with Crippen molar-refractivity contribution in [2.24, 2.45) is 0 Å². The Morgan fingerprint density at radius 1 is 1.12 bits per heavy atom. The number of H-pyrrole nitrogens is 1. The van der Waals surface area contributed by atoms with Gasteiger partial charge in [0.15, 0.2) is 17.4 Å². The molecule has 0 aliphatic rings. The van der Waals surface area contributed by atoms with E-state index in [1.54, 1.807) is 7.11 Å². The number of hydrogen-bond donors (Lipinski definition) is 2. The molecule has 6 nitrogen and oxygen atoms in total. The van der Waals surface area contributed by atoms with Gasteiger partial charge in [0.05, 0.1) is 14.2 Å². The van der Waals surface area contributed by atoms with E-state index < -0.39 is 11.7 Å². The second kappa shape index (κ2) is 7.26. The molecule has 0 unspecified atom stereocenters. The zero-order chi connectivity index (χ0) is 18.7. The van der Waals surface area contributed by atoms with Gasteiger partial charge >= 0.3 is 0 Å². The monoisotopic (exact) mass is 355 g/mol. The first-order valence-corrected chi connectivity index (χ1v) is 7.87. The Kier molecular flexibility index (Phi) is 4.88. The molecule has 26 heavy (non-hydrogen) atoms. The number of nitrogens with one attached hydrogen (secondary N) is 2. The normalized spacial score (nSPS) is 10.5. The molecule has 0 saturated heterocycles. The van der Waals surface area contributed by atoms with E-state index in [1.165, 1.54) is 19.2 Å². The van der Waals surface area contributed by atoms with E-state index in [1.807, 2.05) is 31.2 Å². The average molecular weight is 355 g/mol. The molecule has 2 aromatic carbocycles. The van der Waals surface area contributed by atoms with Crippen molar-refractivity contribution in [2.45, 2.75) is 6.92 Å². The van der Waals surface area contributed by atoms with Gasteiger partial charge in [-0.15, -0.1) is 0 Å². The van der Waals surface area contributed by atoms with E-state index in [4.69, 9.17) is 9.47 Å². The molecule has 7 heteroatoms. The van der Waals surface area contributed by atoms with Crippen LogP contribution in [0.25, 0.3) is 11.1 Å². The number of methoxy groups -OCH3 is 2. The maximum atomic E-state index is 13.8. The van der Waals surface area contributed by atoms with Crippen LogP contribution in [0.15, 0.2) is 42.5 Å². The molecule has 0 aliphatic carbocycles. The maximum Gasteiger partial charge on any atom is 0.256 e. The molecule has 0 spiro atoms. The minimum atomic E-state index is -0.603. The van der Waals surface area contributed by atoms with Gasteiger partial charge in [-0.2, -0.15) is 5.10 Å². The van der Waals surface area contributed by atoms with Gasteiger partial charge in [-0.1, -0.05) is 12.1 Å². The number of nitrogens with zero attached hydrogens (tertiary/aromatic N) is 1. The number of aromatic amines is 1. The van der Waals surface area contributed by atoms with E-state index in [9.17, 15) is 9.18 Å². The van der Waals surface area contributed by atoms with Crippen molar-refractivity contribution >= 4 is 11.7 Å². The molecule has 0 fully saturated rings. The summed E-state index contributed by atoms with van der Waals surface area (Å²) >= 11 is 0. The number of halogens is 1. The van der Waals surface area contributed by atoms with Crippen molar-refractivity contribution in [3.63, 3.8) is 0 Å². The predicted molar refractivity (Wildman–Crippen MR) is 96.2 cm³/mol. The van der Waals surface area contributed by atoms with Gasteiger partial charge in [0, 0.05) is 16.8 Å². The van der Waals surface area contributed by atoms with Crippen molar-refractivity contribution in [1.29, 1.82) is 0 Å². The number of carbonyl (C=O) groups excluding carboxylic acids is 1. The summed E-state index contributed by atoms with van der Waals surface area (Å²) < 4.78 is 23.9. The quantitative estimate of drug-likeness (QED) is 0.730. The van der Waals surface area contributed by atoms with Crippen molar-refractivity contribution < 1.29 is 18.7 Å². The Bertz CT molecular complexity index is 936. The molecule has 0 saturated carbocycles. The third kappa shape index (κ3) is 3.37. The van der Waals surface area contributed by atoms with Gasteiger partial charge in [0.1, 0.15) is 5.75 Å². The number of ether oxygens (including phenoxy) is 2.